The Bertz CT molecular complexity index is 1600. The minimum absolute atomic E-state index is 0.0465. The first-order valence-corrected chi connectivity index (χ1v) is 13.5. The SMILES string of the molecule is COc1cc(/C=C2/SC(=O)N(Cc3ccc(F)cc3Cl)C2=O)cc(Br)c1OCc1cccc2ccccc12. The predicted octanol–water partition coefficient (Wildman–Crippen LogP) is 8.22. The van der Waals surface area contributed by atoms with Gasteiger partial charge in [-0.05, 0) is 85.5 Å². The lowest BCUT2D eigenvalue weighted by molar-refractivity contribution is -0.123. The van der Waals surface area contributed by atoms with E-state index in [1.165, 1.54) is 19.2 Å². The van der Waals surface area contributed by atoms with Crippen molar-refractivity contribution in [1.82, 2.24) is 4.90 Å². The van der Waals surface area contributed by atoms with E-state index in [0.29, 0.717) is 33.7 Å². The number of benzene rings is 4. The number of hydrogen-bond acceptors (Lipinski definition) is 5. The van der Waals surface area contributed by atoms with Crippen LogP contribution in [0.2, 0.25) is 5.02 Å². The highest BCUT2D eigenvalue weighted by Crippen LogP contribution is 2.40. The van der Waals surface area contributed by atoms with E-state index in [1.54, 1.807) is 18.2 Å². The molecule has 9 heteroatoms. The summed E-state index contributed by atoms with van der Waals surface area (Å²) >= 11 is 10.5. The monoisotopic (exact) mass is 611 g/mol. The Morgan fingerprint density at radius 2 is 1.82 bits per heavy atom. The maximum atomic E-state index is 13.4. The maximum Gasteiger partial charge on any atom is 0.293 e. The lowest BCUT2D eigenvalue weighted by Crippen LogP contribution is -2.27. The fourth-order valence-electron chi connectivity index (χ4n) is 4.14. The summed E-state index contributed by atoms with van der Waals surface area (Å²) in [5.41, 5.74) is 2.17. The Kier molecular flexibility index (Phi) is 7.74. The molecule has 5 rings (SSSR count). The normalized spacial score (nSPS) is 14.5. The summed E-state index contributed by atoms with van der Waals surface area (Å²) in [7, 11) is 1.54. The Balaban J connectivity index is 1.36. The van der Waals surface area contributed by atoms with E-state index in [9.17, 15) is 14.0 Å². The van der Waals surface area contributed by atoms with Gasteiger partial charge in [-0.2, -0.15) is 0 Å². The maximum absolute atomic E-state index is 13.4. The van der Waals surface area contributed by atoms with Crippen LogP contribution in [-0.2, 0) is 17.9 Å². The molecule has 1 aliphatic rings. The topological polar surface area (TPSA) is 55.8 Å². The van der Waals surface area contributed by atoms with Crippen molar-refractivity contribution in [1.29, 1.82) is 0 Å². The van der Waals surface area contributed by atoms with Crippen molar-refractivity contribution in [3.63, 3.8) is 0 Å². The number of thioether (sulfide) groups is 1. The molecular formula is C29H20BrClFNO4S. The molecular weight excluding hydrogens is 593 g/mol. The number of hydrogen-bond donors (Lipinski definition) is 0. The summed E-state index contributed by atoms with van der Waals surface area (Å²) in [6, 6.07) is 21.6. The van der Waals surface area contributed by atoms with Crippen molar-refractivity contribution >= 4 is 67.3 Å². The van der Waals surface area contributed by atoms with Crippen molar-refractivity contribution in [2.24, 2.45) is 0 Å². The van der Waals surface area contributed by atoms with E-state index < -0.39 is 17.0 Å². The number of imide groups is 1. The molecule has 0 radical (unpaired) electrons. The number of carbonyl (C=O) groups excluding carboxylic acids is 2. The fraction of sp³-hybridized carbons (Fsp3) is 0.103. The molecule has 1 saturated heterocycles. The van der Waals surface area contributed by atoms with Gasteiger partial charge < -0.3 is 9.47 Å². The summed E-state index contributed by atoms with van der Waals surface area (Å²) in [5.74, 6) is 0.0587. The van der Waals surface area contributed by atoms with Crippen LogP contribution in [0.4, 0.5) is 9.18 Å². The molecule has 5 nitrogen and oxygen atoms in total. The molecule has 0 N–H and O–H groups in total. The zero-order valence-corrected chi connectivity index (χ0v) is 23.2. The van der Waals surface area contributed by atoms with Crippen LogP contribution >= 0.6 is 39.3 Å². The van der Waals surface area contributed by atoms with Gasteiger partial charge in [0, 0.05) is 5.02 Å². The quantitative estimate of drug-likeness (QED) is 0.197. The van der Waals surface area contributed by atoms with E-state index in [4.69, 9.17) is 21.1 Å². The molecule has 4 aromatic carbocycles. The van der Waals surface area contributed by atoms with Gasteiger partial charge in [-0.25, -0.2) is 4.39 Å². The Morgan fingerprint density at radius 1 is 1.03 bits per heavy atom. The van der Waals surface area contributed by atoms with Gasteiger partial charge in [-0.15, -0.1) is 0 Å². The molecule has 1 aliphatic heterocycles. The molecule has 192 valence electrons. The van der Waals surface area contributed by atoms with Gasteiger partial charge in [0.2, 0.25) is 0 Å². The van der Waals surface area contributed by atoms with E-state index in [-0.39, 0.29) is 16.5 Å². The Hall–Kier alpha value is -3.33. The number of ether oxygens (including phenoxy) is 2. The van der Waals surface area contributed by atoms with E-state index >= 15 is 0 Å². The molecule has 38 heavy (non-hydrogen) atoms. The van der Waals surface area contributed by atoms with E-state index in [0.717, 1.165) is 39.1 Å². The summed E-state index contributed by atoms with van der Waals surface area (Å²) in [6.07, 6.45) is 1.62. The van der Waals surface area contributed by atoms with Crippen LogP contribution in [0, 0.1) is 5.82 Å². The van der Waals surface area contributed by atoms with Crippen molar-refractivity contribution in [2.45, 2.75) is 13.2 Å². The highest BCUT2D eigenvalue weighted by molar-refractivity contribution is 9.10. The number of methoxy groups -OCH3 is 1. The smallest absolute Gasteiger partial charge is 0.293 e. The second-order valence-corrected chi connectivity index (χ2v) is 10.7. The molecule has 0 unspecified atom stereocenters. The van der Waals surface area contributed by atoms with Crippen LogP contribution in [0.3, 0.4) is 0 Å². The van der Waals surface area contributed by atoms with Crippen LogP contribution in [0.5, 0.6) is 11.5 Å². The zero-order chi connectivity index (χ0) is 26.8. The number of rotatable bonds is 7. The summed E-state index contributed by atoms with van der Waals surface area (Å²) < 4.78 is 25.7. The van der Waals surface area contributed by atoms with Crippen LogP contribution in [-0.4, -0.2) is 23.2 Å². The molecule has 0 saturated carbocycles. The molecule has 0 bridgehead atoms. The van der Waals surface area contributed by atoms with Crippen molar-refractivity contribution < 1.29 is 23.5 Å². The highest BCUT2D eigenvalue weighted by Gasteiger charge is 2.35. The zero-order valence-electron chi connectivity index (χ0n) is 20.0. The highest BCUT2D eigenvalue weighted by atomic mass is 79.9. The van der Waals surface area contributed by atoms with Crippen molar-refractivity contribution in [2.75, 3.05) is 7.11 Å². The van der Waals surface area contributed by atoms with Gasteiger partial charge in [0.1, 0.15) is 12.4 Å². The van der Waals surface area contributed by atoms with Crippen LogP contribution < -0.4 is 9.47 Å². The summed E-state index contributed by atoms with van der Waals surface area (Å²) in [6.45, 7) is 0.287. The fourth-order valence-corrected chi connectivity index (χ4v) is 5.78. The van der Waals surface area contributed by atoms with Gasteiger partial charge in [-0.3, -0.25) is 14.5 Å². The second-order valence-electron chi connectivity index (χ2n) is 8.46. The third kappa shape index (κ3) is 5.43. The minimum Gasteiger partial charge on any atom is -0.493 e. The summed E-state index contributed by atoms with van der Waals surface area (Å²) in [4.78, 5) is 26.9. The van der Waals surface area contributed by atoms with Crippen molar-refractivity contribution in [3.05, 3.63) is 110 Å². The first kappa shape index (κ1) is 26.3. The molecule has 4 aromatic rings. The third-order valence-corrected chi connectivity index (χ3v) is 7.87. The summed E-state index contributed by atoms with van der Waals surface area (Å²) in [5, 5.41) is 1.97. The van der Waals surface area contributed by atoms with Crippen LogP contribution in [0.15, 0.2) is 82.2 Å². The van der Waals surface area contributed by atoms with E-state index in [2.05, 4.69) is 34.1 Å². The molecule has 0 aromatic heterocycles. The molecule has 2 amide bonds. The van der Waals surface area contributed by atoms with Gasteiger partial charge >= 0.3 is 0 Å². The number of fused-ring (bicyclic) bond motifs is 1. The van der Waals surface area contributed by atoms with Gasteiger partial charge in [-0.1, -0.05) is 60.1 Å². The Labute approximate surface area is 236 Å². The number of nitrogens with zero attached hydrogens (tertiary/aromatic N) is 1. The molecule has 0 aliphatic carbocycles. The van der Waals surface area contributed by atoms with Gasteiger partial charge in [0.05, 0.1) is 23.0 Å². The first-order valence-electron chi connectivity index (χ1n) is 11.5. The van der Waals surface area contributed by atoms with Gasteiger partial charge in [0.25, 0.3) is 11.1 Å². The molecule has 1 heterocycles. The number of amides is 2. The van der Waals surface area contributed by atoms with Crippen LogP contribution in [0.25, 0.3) is 16.8 Å². The average molecular weight is 613 g/mol. The second kappa shape index (κ2) is 11.2. The Morgan fingerprint density at radius 3 is 2.61 bits per heavy atom. The predicted molar refractivity (Wildman–Crippen MR) is 152 cm³/mol. The number of halogens is 3. The van der Waals surface area contributed by atoms with Gasteiger partial charge in [0.15, 0.2) is 11.5 Å². The first-order chi connectivity index (χ1) is 18.3. The minimum atomic E-state index is -0.489. The average Bonchev–Trinajstić information content (AvgIpc) is 3.16. The lowest BCUT2D eigenvalue weighted by Gasteiger charge is -2.15. The lowest BCUT2D eigenvalue weighted by atomic mass is 10.1. The standard InChI is InChI=1S/C29H20BrClFNO4S/c1-36-25-12-17(11-23(30)27(25)37-16-20-7-4-6-18-5-2-3-8-22(18)20)13-26-28(34)33(29(35)38-26)15-19-9-10-21(32)14-24(19)31/h2-14H,15-16H2,1H3/b26-13+. The van der Waals surface area contributed by atoms with Crippen LogP contribution in [0.1, 0.15) is 16.7 Å². The van der Waals surface area contributed by atoms with E-state index in [1.807, 2.05) is 24.3 Å². The molecule has 1 fully saturated rings. The molecule has 0 atom stereocenters. The third-order valence-electron chi connectivity index (χ3n) is 6.02. The molecule has 0 spiro atoms. The van der Waals surface area contributed by atoms with Crippen molar-refractivity contribution in [3.8, 4) is 11.5 Å². The largest absolute Gasteiger partial charge is 0.493 e. The number of carbonyl (C=O) groups is 2.